The number of H-pyrrole nitrogens is 2. The van der Waals surface area contributed by atoms with Gasteiger partial charge in [-0.05, 0) is 49.5 Å². The number of aromatic amines is 2. The summed E-state index contributed by atoms with van der Waals surface area (Å²) in [5, 5.41) is 7.47. The maximum atomic E-state index is 13.1. The number of imidazole rings is 1. The Morgan fingerprint density at radius 2 is 2.00 bits per heavy atom. The first kappa shape index (κ1) is 20.1. The molecule has 2 N–H and O–H groups in total. The van der Waals surface area contributed by atoms with E-state index in [0.29, 0.717) is 24.4 Å². The lowest BCUT2D eigenvalue weighted by Crippen LogP contribution is -2.36. The maximum Gasteiger partial charge on any atom is 0.218 e. The molecule has 0 radical (unpaired) electrons. The van der Waals surface area contributed by atoms with Crippen molar-refractivity contribution in [3.63, 3.8) is 0 Å². The summed E-state index contributed by atoms with van der Waals surface area (Å²) in [6, 6.07) is 5.57. The van der Waals surface area contributed by atoms with Gasteiger partial charge < -0.3 is 4.98 Å². The van der Waals surface area contributed by atoms with Crippen molar-refractivity contribution in [2.45, 2.75) is 39.0 Å². The highest BCUT2D eigenvalue weighted by atomic mass is 32.2. The summed E-state index contributed by atoms with van der Waals surface area (Å²) in [5.41, 5.74) is 6.52. The number of aromatic nitrogens is 4. The van der Waals surface area contributed by atoms with E-state index in [1.807, 2.05) is 0 Å². The van der Waals surface area contributed by atoms with E-state index in [4.69, 9.17) is 4.98 Å². The Hall–Kier alpha value is -2.78. The predicted octanol–water partition coefficient (Wildman–Crippen LogP) is 3.42. The van der Waals surface area contributed by atoms with Gasteiger partial charge in [-0.25, -0.2) is 17.8 Å². The van der Waals surface area contributed by atoms with E-state index in [1.54, 1.807) is 0 Å². The molecule has 5 rings (SSSR count). The summed E-state index contributed by atoms with van der Waals surface area (Å²) in [5.74, 6) is 0.670. The lowest BCUT2D eigenvalue weighted by molar-refractivity contribution is 0.386. The molecular weight excluding hydrogens is 417 g/mol. The van der Waals surface area contributed by atoms with Crippen LogP contribution in [0.1, 0.15) is 42.1 Å². The molecule has 0 saturated heterocycles. The fraction of sp³-hybridized carbons (Fsp3) is 0.364. The second-order valence-corrected chi connectivity index (χ2v) is 10.4. The van der Waals surface area contributed by atoms with E-state index in [9.17, 15) is 12.8 Å². The fourth-order valence-corrected chi connectivity index (χ4v) is 5.74. The van der Waals surface area contributed by atoms with E-state index < -0.39 is 10.0 Å². The van der Waals surface area contributed by atoms with Crippen molar-refractivity contribution in [2.24, 2.45) is 5.92 Å². The van der Waals surface area contributed by atoms with Crippen LogP contribution >= 0.6 is 0 Å². The minimum atomic E-state index is -3.53. The van der Waals surface area contributed by atoms with Gasteiger partial charge in [0, 0.05) is 17.8 Å². The molecular formula is C22H24FN5O2S. The molecule has 0 spiro atoms. The van der Waals surface area contributed by atoms with Crippen molar-refractivity contribution >= 4 is 16.1 Å². The quantitative estimate of drug-likeness (QED) is 0.649. The number of hydrogen-bond donors (Lipinski definition) is 2. The zero-order chi connectivity index (χ0) is 21.8. The topological polar surface area (TPSA) is 94.7 Å². The van der Waals surface area contributed by atoms with E-state index in [1.165, 1.54) is 34.1 Å². The summed E-state index contributed by atoms with van der Waals surface area (Å²) in [6.45, 7) is 4.94. The van der Waals surface area contributed by atoms with Crippen molar-refractivity contribution in [2.75, 3.05) is 6.54 Å². The Morgan fingerprint density at radius 1 is 1.23 bits per heavy atom. The Bertz CT molecular complexity index is 1270. The van der Waals surface area contributed by atoms with Crippen LogP contribution < -0.4 is 0 Å². The van der Waals surface area contributed by atoms with Crippen LogP contribution in [0, 0.1) is 11.7 Å². The zero-order valence-corrected chi connectivity index (χ0v) is 18.3. The standard InChI is InChI=1S/C22H24FN5O2S/c1-13-9-18-19(10-14(13)2)25-22(24-18)21-17-7-8-28(11-20(17)26-27-21)31(29,30)12-15-3-5-16(23)6-4-15/h3-6,9,14H,7-8,10-12H2,1-2H3,(H,24,25)(H,26,27). The molecule has 3 heterocycles. The molecule has 1 atom stereocenters. The van der Waals surface area contributed by atoms with E-state index >= 15 is 0 Å². The number of fused-ring (bicyclic) bond motifs is 2. The molecule has 1 aliphatic heterocycles. The lowest BCUT2D eigenvalue weighted by atomic mass is 9.91. The molecule has 1 aromatic carbocycles. The summed E-state index contributed by atoms with van der Waals surface area (Å²) in [6.07, 6.45) is 3.60. The van der Waals surface area contributed by atoms with Crippen molar-refractivity contribution < 1.29 is 12.8 Å². The number of rotatable bonds is 4. The van der Waals surface area contributed by atoms with Gasteiger partial charge in [-0.3, -0.25) is 5.10 Å². The van der Waals surface area contributed by atoms with E-state index in [0.717, 1.165) is 40.6 Å². The lowest BCUT2D eigenvalue weighted by Gasteiger charge is -2.26. The van der Waals surface area contributed by atoms with Gasteiger partial charge in [0.15, 0.2) is 5.82 Å². The second kappa shape index (κ2) is 7.42. The number of nitrogens with one attached hydrogen (secondary N) is 2. The molecule has 0 fully saturated rings. The fourth-order valence-electron chi connectivity index (χ4n) is 4.24. The number of allylic oxidation sites excluding steroid dienone is 1. The summed E-state index contributed by atoms with van der Waals surface area (Å²) >= 11 is 0. The summed E-state index contributed by atoms with van der Waals surface area (Å²) in [7, 11) is -3.53. The van der Waals surface area contributed by atoms with Gasteiger partial charge in [0.25, 0.3) is 0 Å². The smallest absolute Gasteiger partial charge is 0.218 e. The van der Waals surface area contributed by atoms with Crippen LogP contribution in [0.15, 0.2) is 29.8 Å². The van der Waals surface area contributed by atoms with Crippen LogP contribution in [0.25, 0.3) is 17.6 Å². The van der Waals surface area contributed by atoms with Crippen LogP contribution in [-0.2, 0) is 35.2 Å². The van der Waals surface area contributed by atoms with Gasteiger partial charge in [0.05, 0.1) is 23.7 Å². The van der Waals surface area contributed by atoms with Gasteiger partial charge in [-0.1, -0.05) is 24.6 Å². The number of nitrogens with zero attached hydrogens (tertiary/aromatic N) is 3. The summed E-state index contributed by atoms with van der Waals surface area (Å²) in [4.78, 5) is 8.16. The van der Waals surface area contributed by atoms with Gasteiger partial charge in [0.1, 0.15) is 11.5 Å². The van der Waals surface area contributed by atoms with Gasteiger partial charge >= 0.3 is 0 Å². The number of sulfonamides is 1. The van der Waals surface area contributed by atoms with Crippen LogP contribution in [0.5, 0.6) is 0 Å². The van der Waals surface area contributed by atoms with Crippen molar-refractivity contribution in [3.8, 4) is 11.5 Å². The minimum Gasteiger partial charge on any atom is -0.340 e. The highest BCUT2D eigenvalue weighted by Crippen LogP contribution is 2.32. The molecule has 0 amide bonds. The Kier molecular flexibility index (Phi) is 4.82. The number of hydrogen-bond acceptors (Lipinski definition) is 4. The van der Waals surface area contributed by atoms with Crippen LogP contribution in [-0.4, -0.2) is 39.4 Å². The van der Waals surface area contributed by atoms with Crippen molar-refractivity contribution in [1.82, 2.24) is 24.5 Å². The largest absolute Gasteiger partial charge is 0.340 e. The molecule has 0 saturated carbocycles. The molecule has 9 heteroatoms. The van der Waals surface area contributed by atoms with E-state index in [2.05, 4.69) is 35.1 Å². The number of benzene rings is 1. The SMILES string of the molecule is CC1=Cc2nc(-c3n[nH]c4c3CCN(S(=O)(=O)Cc3ccc(F)cc3)C4)[nH]c2CC1C. The van der Waals surface area contributed by atoms with E-state index in [-0.39, 0.29) is 18.1 Å². The zero-order valence-electron chi connectivity index (χ0n) is 17.4. The second-order valence-electron chi connectivity index (χ2n) is 8.44. The molecule has 7 nitrogen and oxygen atoms in total. The molecule has 2 aliphatic rings. The van der Waals surface area contributed by atoms with Crippen LogP contribution in [0.4, 0.5) is 4.39 Å². The minimum absolute atomic E-state index is 0.154. The Balaban J connectivity index is 1.37. The predicted molar refractivity (Wildman–Crippen MR) is 116 cm³/mol. The Labute approximate surface area is 180 Å². The molecule has 1 unspecified atom stereocenters. The van der Waals surface area contributed by atoms with Gasteiger partial charge in [-0.2, -0.15) is 9.40 Å². The average Bonchev–Trinajstić information content (AvgIpc) is 3.33. The molecule has 2 aromatic heterocycles. The highest BCUT2D eigenvalue weighted by Gasteiger charge is 2.31. The summed E-state index contributed by atoms with van der Waals surface area (Å²) < 4.78 is 40.4. The van der Waals surface area contributed by atoms with Gasteiger partial charge in [-0.15, -0.1) is 0 Å². The monoisotopic (exact) mass is 441 g/mol. The first-order valence-electron chi connectivity index (χ1n) is 10.4. The number of halogens is 1. The third-order valence-electron chi connectivity index (χ3n) is 6.24. The first-order valence-corrected chi connectivity index (χ1v) is 12.0. The van der Waals surface area contributed by atoms with Crippen LogP contribution in [0.3, 0.4) is 0 Å². The van der Waals surface area contributed by atoms with Crippen LogP contribution in [0.2, 0.25) is 0 Å². The van der Waals surface area contributed by atoms with Crippen molar-refractivity contribution in [3.05, 3.63) is 63.9 Å². The third-order valence-corrected chi connectivity index (χ3v) is 8.04. The first-order chi connectivity index (χ1) is 14.8. The molecule has 31 heavy (non-hydrogen) atoms. The van der Waals surface area contributed by atoms with Gasteiger partial charge in [0.2, 0.25) is 10.0 Å². The molecule has 3 aromatic rings. The third kappa shape index (κ3) is 3.72. The molecule has 162 valence electrons. The Morgan fingerprint density at radius 3 is 2.77 bits per heavy atom. The average molecular weight is 442 g/mol. The maximum absolute atomic E-state index is 13.1. The van der Waals surface area contributed by atoms with Crippen molar-refractivity contribution in [1.29, 1.82) is 0 Å². The molecule has 1 aliphatic carbocycles. The normalized spacial score (nSPS) is 19.1. The molecule has 0 bridgehead atoms. The highest BCUT2D eigenvalue weighted by molar-refractivity contribution is 7.88.